The lowest BCUT2D eigenvalue weighted by molar-refractivity contribution is -0.193. The third-order valence-corrected chi connectivity index (χ3v) is 15.5. The summed E-state index contributed by atoms with van der Waals surface area (Å²) < 4.78 is 188. The van der Waals surface area contributed by atoms with Crippen LogP contribution in [0.15, 0.2) is 81.5 Å². The van der Waals surface area contributed by atoms with E-state index in [9.17, 15) is 85.4 Å². The highest BCUT2D eigenvalue weighted by Gasteiger charge is 2.33. The van der Waals surface area contributed by atoms with Crippen molar-refractivity contribution in [2.24, 2.45) is 10.4 Å². The second kappa shape index (κ2) is 35.7. The molecule has 2 aliphatic heterocycles. The van der Waals surface area contributed by atoms with Gasteiger partial charge >= 0.3 is 49.4 Å². The molecule has 5 heterocycles. The van der Waals surface area contributed by atoms with Crippen molar-refractivity contribution in [1.82, 2.24) is 48.6 Å². The van der Waals surface area contributed by atoms with E-state index in [-0.39, 0.29) is 53.5 Å². The monoisotopic (exact) mass is 1490 g/mol. The second-order valence-electron chi connectivity index (χ2n) is 20.5. The van der Waals surface area contributed by atoms with E-state index >= 15 is 0 Å². The summed E-state index contributed by atoms with van der Waals surface area (Å²) in [7, 11) is -11.6. The number of aryl methyl sites for hydroxylation is 2. The van der Waals surface area contributed by atoms with Gasteiger partial charge in [0.2, 0.25) is 28.5 Å². The number of methoxy groups -OCH3 is 1. The molecule has 0 saturated carbocycles. The number of fused-ring (bicyclic) bond motifs is 2. The van der Waals surface area contributed by atoms with Crippen LogP contribution in [0.5, 0.6) is 23.5 Å². The Labute approximate surface area is 558 Å². The van der Waals surface area contributed by atoms with Gasteiger partial charge in [0.15, 0.2) is 12.4 Å². The summed E-state index contributed by atoms with van der Waals surface area (Å²) >= 11 is 1.24. The molecule has 1 atom stereocenters. The van der Waals surface area contributed by atoms with Crippen LogP contribution in [0.3, 0.4) is 0 Å². The number of carbonyl (C=O) groups is 5. The molecule has 3 aromatic carbocycles. The van der Waals surface area contributed by atoms with Gasteiger partial charge < -0.3 is 48.1 Å². The highest BCUT2D eigenvalue weighted by molar-refractivity contribution is 7.94. The van der Waals surface area contributed by atoms with Crippen molar-refractivity contribution in [1.29, 1.82) is 0 Å². The maximum Gasteiger partial charge on any atom is 0.389 e. The van der Waals surface area contributed by atoms with Gasteiger partial charge in [0.25, 0.3) is 26.0 Å². The summed E-state index contributed by atoms with van der Waals surface area (Å²) in [6.07, 6.45) is 5.89. The van der Waals surface area contributed by atoms with Crippen LogP contribution in [0.2, 0.25) is 0 Å². The number of carbonyl (C=O) groups excluding carboxylic acids is 3. The normalized spacial score (nSPS) is 13.7. The predicted molar refractivity (Wildman–Crippen MR) is 331 cm³/mol. The first-order chi connectivity index (χ1) is 45.5. The van der Waals surface area contributed by atoms with Crippen LogP contribution in [0, 0.1) is 30.5 Å². The number of rotatable bonds is 20. The predicted octanol–water partition coefficient (Wildman–Crippen LogP) is 5.00. The van der Waals surface area contributed by atoms with Gasteiger partial charge in [-0.3, -0.25) is 30.4 Å². The Morgan fingerprint density at radius 2 is 1.44 bits per heavy atom. The molecule has 8 rings (SSSR count). The van der Waals surface area contributed by atoms with E-state index in [1.54, 1.807) is 10.0 Å². The molecular formula is C53H59F8N14O18PS4. The van der Waals surface area contributed by atoms with Crippen LogP contribution in [-0.4, -0.2) is 167 Å². The van der Waals surface area contributed by atoms with Crippen molar-refractivity contribution >= 4 is 103 Å². The minimum atomic E-state index is -4.71. The highest BCUT2D eigenvalue weighted by Crippen LogP contribution is 2.38. The second-order valence-corrected chi connectivity index (χ2v) is 28.5. The van der Waals surface area contributed by atoms with Gasteiger partial charge in [-0.1, -0.05) is 50.1 Å². The molecule has 0 fully saturated rings. The van der Waals surface area contributed by atoms with Crippen LogP contribution >= 0.6 is 19.1 Å². The third kappa shape index (κ3) is 27.3. The summed E-state index contributed by atoms with van der Waals surface area (Å²) in [5.74, 6) is -2.76. The smallest absolute Gasteiger partial charge is 0.389 e. The number of carboxylic acids is 2. The number of nitrogens with one attached hydrogen (secondary N) is 5. The number of aliphatic carboxylic acids is 1. The zero-order chi connectivity index (χ0) is 73.7. The summed E-state index contributed by atoms with van der Waals surface area (Å²) in [5, 5.41) is 22.8. The minimum Gasteiger partial charge on any atom is -0.778 e. The first-order valence-corrected chi connectivity index (χ1v) is 34.9. The minimum absolute atomic E-state index is 0.0715. The molecule has 6 aromatic rings. The zero-order valence-electron chi connectivity index (χ0n) is 51.8. The van der Waals surface area contributed by atoms with Crippen molar-refractivity contribution in [2.45, 2.75) is 75.8 Å². The van der Waals surface area contributed by atoms with Gasteiger partial charge in [0.1, 0.15) is 35.6 Å². The average Bonchev–Trinajstić information content (AvgIpc) is 1.50. The van der Waals surface area contributed by atoms with Gasteiger partial charge in [0.05, 0.1) is 67.5 Å². The summed E-state index contributed by atoms with van der Waals surface area (Å²) in [6, 6.07) is 9.79. The van der Waals surface area contributed by atoms with Crippen LogP contribution in [0.25, 0.3) is 0 Å². The number of urea groups is 2. The standard InChI is InChI=1S/C18H17FN4O2S.C15H16F3N5O4S.C14H10F4N4O7S.C3H8NO5P.C3H9S/c1-4-5-22-13-7-12(11(19)6-14(13)25-9-16(22)24)20-17-23-10-18(2,3)8-15(23)21-26-17;1-9-19-12(22-14(20-9)27-2)21-13(24)23-28(25,26)11-6-4-3-5-10(11)7-8-15(16,17)18;15-11(16)28-8-5-9(29-12(17)18)20-13(19-8)21-14(25)22-30(26,27)7-4-2-1-3-6(7)10(23)24;5-3(6)1-4-2-10(7,8)9;1-4(2)3/h1,6-7H,5,8-10H2,2-3H3;3-6H,7-8H2,1-2H3,(H2,19,20,21,22,23,24);1-5,11-12H,(H,23,24)(H2,19,20,21,22,25);4H,1-2H2,(H,5,6)(H2,7,8,9);1-3H3/q;;;;+1/p-1/b20-17-;;;;. The molecule has 2 aliphatic rings. The molecular weight excluding hydrogens is 1430 g/mol. The van der Waals surface area contributed by atoms with Crippen LogP contribution in [0.4, 0.5) is 68.0 Å². The lowest BCUT2D eigenvalue weighted by Crippen LogP contribution is -2.39. The van der Waals surface area contributed by atoms with Crippen molar-refractivity contribution in [2.75, 3.05) is 67.4 Å². The van der Waals surface area contributed by atoms with Crippen molar-refractivity contribution in [3.8, 4) is 35.9 Å². The maximum atomic E-state index is 14.5. The Hall–Kier alpha value is -9.38. The zero-order valence-corrected chi connectivity index (χ0v) is 56.0. The molecule has 8 N–H and O–H groups in total. The lowest BCUT2D eigenvalue weighted by atomic mass is 9.92. The fraction of sp³-hybridized carbons (Fsp3) is 0.358. The third-order valence-electron chi connectivity index (χ3n) is 11.3. The Morgan fingerprint density at radius 1 is 0.888 bits per heavy atom. The lowest BCUT2D eigenvalue weighted by Gasteiger charge is -2.28. The Morgan fingerprint density at radius 3 is 1.97 bits per heavy atom. The molecule has 0 aliphatic carbocycles. The average molecular weight is 1490 g/mol. The van der Waals surface area contributed by atoms with Crippen LogP contribution in [0.1, 0.15) is 47.8 Å². The number of nitrogens with zero attached hydrogens (tertiary/aromatic N) is 9. The van der Waals surface area contributed by atoms with Crippen molar-refractivity contribution in [3.63, 3.8) is 0 Å². The molecule has 3 aromatic heterocycles. The number of sulfonamides is 2. The van der Waals surface area contributed by atoms with E-state index in [0.717, 1.165) is 37.0 Å². The number of terminal acetylenes is 1. The van der Waals surface area contributed by atoms with Gasteiger partial charge in [-0.15, -0.1) is 6.42 Å². The van der Waals surface area contributed by atoms with E-state index in [4.69, 9.17) is 31.0 Å². The van der Waals surface area contributed by atoms with Crippen LogP contribution in [-0.2, 0) is 64.5 Å². The number of hydrogen-bond acceptors (Lipinski definition) is 24. The van der Waals surface area contributed by atoms with Crippen LogP contribution < -0.4 is 58.9 Å². The number of anilines is 3. The quantitative estimate of drug-likeness (QED) is 0.0216. The van der Waals surface area contributed by atoms with Gasteiger partial charge in [-0.25, -0.2) is 50.0 Å². The highest BCUT2D eigenvalue weighted by atomic mass is 32.2. The number of alkyl halides is 7. The van der Waals surface area contributed by atoms with Crippen molar-refractivity contribution < 1.29 is 119 Å². The topological polar surface area (TPSA) is 449 Å². The number of halogens is 8. The van der Waals surface area contributed by atoms with Gasteiger partial charge in [-0.2, -0.15) is 60.0 Å². The van der Waals surface area contributed by atoms with Crippen molar-refractivity contribution in [3.05, 3.63) is 100 Å². The molecule has 0 saturated heterocycles. The van der Waals surface area contributed by atoms with E-state index in [2.05, 4.69) is 87.6 Å². The summed E-state index contributed by atoms with van der Waals surface area (Å²) in [6.45, 7) is -0.741. The molecule has 32 nitrogen and oxygen atoms in total. The number of ether oxygens (including phenoxy) is 4. The molecule has 0 spiro atoms. The number of amides is 5. The molecule has 0 bridgehead atoms. The fourth-order valence-corrected chi connectivity index (χ4v) is 11.1. The molecule has 534 valence electrons. The first-order valence-electron chi connectivity index (χ1n) is 27.0. The number of aromatic nitrogens is 7. The van der Waals surface area contributed by atoms with E-state index in [1.807, 2.05) is 9.88 Å². The van der Waals surface area contributed by atoms with Gasteiger partial charge in [-0.05, 0) is 59.5 Å². The fourth-order valence-electron chi connectivity index (χ4n) is 7.65. The number of benzene rings is 3. The molecule has 0 radical (unpaired) electrons. The summed E-state index contributed by atoms with van der Waals surface area (Å²) in [4.78, 5) is 98.1. The number of aromatic carboxylic acids is 1. The maximum absolute atomic E-state index is 14.5. The Bertz CT molecular complexity index is 4210. The molecule has 5 amide bonds. The summed E-state index contributed by atoms with van der Waals surface area (Å²) in [5.41, 5.74) is -0.0379. The Kier molecular flexibility index (Phi) is 29.6. The van der Waals surface area contributed by atoms with E-state index in [1.165, 1.54) is 77.7 Å². The van der Waals surface area contributed by atoms with E-state index < -0.39 is 136 Å². The van der Waals surface area contributed by atoms with Gasteiger partial charge in [0, 0.05) is 37.0 Å². The first kappa shape index (κ1) is 81.1. The number of carboxylic acid groups (broad SMARTS) is 2. The van der Waals surface area contributed by atoms with E-state index in [0.29, 0.717) is 33.2 Å². The Balaban J connectivity index is 0.000000284. The SMILES string of the molecule is C#CCN1C(=O)COc2cc(F)c(/N=c3\snc4n3CC(C)(C)C4)cc21.COc1nc(C)nc(NC(=O)NS(=O)(=O)c2ccccc2CCC(F)(F)F)n1.C[S+](C)C.O=C(Nc1nc(OC(F)F)cc(OC(F)F)n1)NS(=O)(=O)c1ccccc1C(=O)O.O=C(O)CNCP(=O)([O-])O. The molecule has 98 heavy (non-hydrogen) atoms. The molecule has 45 heteroatoms. The molecule has 1 unspecified atom stereocenters. The number of hydrogen-bond donors (Lipinski definition) is 8. The largest absolute Gasteiger partial charge is 0.778 e.